The highest BCUT2D eigenvalue weighted by atomic mass is 16.5. The maximum absolute atomic E-state index is 5.56. The highest BCUT2D eigenvalue weighted by Crippen LogP contribution is 2.11. The van der Waals surface area contributed by atoms with Crippen molar-refractivity contribution in [1.82, 2.24) is 0 Å². The van der Waals surface area contributed by atoms with Gasteiger partial charge in [-0.3, -0.25) is 0 Å². The molecule has 1 aromatic carbocycles. The maximum atomic E-state index is 5.56. The minimum atomic E-state index is 0.760. The lowest BCUT2D eigenvalue weighted by atomic mass is 10.1. The Morgan fingerprint density at radius 2 is 2.08 bits per heavy atom. The Morgan fingerprint density at radius 1 is 1.38 bits per heavy atom. The van der Waals surface area contributed by atoms with Crippen molar-refractivity contribution in [2.45, 2.75) is 26.7 Å². The fourth-order valence-electron chi connectivity index (χ4n) is 1.05. The van der Waals surface area contributed by atoms with E-state index in [1.54, 1.807) is 0 Å². The second kappa shape index (κ2) is 5.63. The predicted molar refractivity (Wildman–Crippen MR) is 54.8 cm³/mol. The number of hydrogen-bond donors (Lipinski definition) is 0. The lowest BCUT2D eigenvalue weighted by Crippen LogP contribution is -2.02. The topological polar surface area (TPSA) is 9.23 Å². The first-order valence-corrected chi connectivity index (χ1v) is 4.92. The van der Waals surface area contributed by atoms with Crippen molar-refractivity contribution in [3.05, 3.63) is 30.3 Å². The summed E-state index contributed by atoms with van der Waals surface area (Å²) in [6.45, 7) is 5.28. The van der Waals surface area contributed by atoms with Crippen LogP contribution in [-0.2, 0) is 0 Å². The third kappa shape index (κ3) is 3.97. The molecule has 0 N–H and O–H groups in total. The molecule has 71 valence electrons. The largest absolute Gasteiger partial charge is 0.494 e. The third-order valence-electron chi connectivity index (χ3n) is 2.26. The van der Waals surface area contributed by atoms with Crippen molar-refractivity contribution in [3.63, 3.8) is 0 Å². The molecule has 0 bridgehead atoms. The van der Waals surface area contributed by atoms with Crippen LogP contribution in [0.2, 0.25) is 0 Å². The zero-order valence-electron chi connectivity index (χ0n) is 8.42. The average Bonchev–Trinajstić information content (AvgIpc) is 2.19. The van der Waals surface area contributed by atoms with Gasteiger partial charge in [-0.05, 0) is 30.5 Å². The van der Waals surface area contributed by atoms with Gasteiger partial charge >= 0.3 is 0 Å². The molecule has 0 aliphatic heterocycles. The van der Waals surface area contributed by atoms with Crippen molar-refractivity contribution in [1.29, 1.82) is 0 Å². The molecule has 1 nitrogen and oxygen atoms in total. The van der Waals surface area contributed by atoms with Gasteiger partial charge in [0.25, 0.3) is 0 Å². The summed E-state index contributed by atoms with van der Waals surface area (Å²) in [6, 6.07) is 10.6. The molecule has 0 aliphatic carbocycles. The van der Waals surface area contributed by atoms with Crippen molar-refractivity contribution in [2.75, 3.05) is 6.61 Å². The minimum Gasteiger partial charge on any atom is -0.494 e. The van der Waals surface area contributed by atoms with E-state index >= 15 is 0 Å². The zero-order valence-corrected chi connectivity index (χ0v) is 8.42. The Hall–Kier alpha value is -0.980. The monoisotopic (exact) mass is 177 g/mol. The van der Waals surface area contributed by atoms with E-state index in [4.69, 9.17) is 4.74 Å². The first kappa shape index (κ1) is 10.1. The molecule has 1 radical (unpaired) electrons. The van der Waals surface area contributed by atoms with Crippen LogP contribution in [0.25, 0.3) is 0 Å². The summed E-state index contributed by atoms with van der Waals surface area (Å²) in [5, 5.41) is 0. The van der Waals surface area contributed by atoms with Crippen LogP contribution in [0.15, 0.2) is 24.3 Å². The van der Waals surface area contributed by atoms with Crippen LogP contribution < -0.4 is 4.74 Å². The number of benzene rings is 1. The SMILES string of the molecule is CCC(C)CCOc1cc[c]cc1. The molecule has 0 aliphatic rings. The molecule has 0 fully saturated rings. The predicted octanol–water partition coefficient (Wildman–Crippen LogP) is 3.30. The van der Waals surface area contributed by atoms with Gasteiger partial charge in [-0.25, -0.2) is 0 Å². The third-order valence-corrected chi connectivity index (χ3v) is 2.26. The van der Waals surface area contributed by atoms with Gasteiger partial charge in [0.1, 0.15) is 5.75 Å². The van der Waals surface area contributed by atoms with E-state index in [0.29, 0.717) is 0 Å². The highest BCUT2D eigenvalue weighted by Gasteiger charge is 1.98. The first-order chi connectivity index (χ1) is 6.33. The molecular formula is C12H17O. The van der Waals surface area contributed by atoms with Gasteiger partial charge in [0.2, 0.25) is 0 Å². The summed E-state index contributed by atoms with van der Waals surface area (Å²) in [4.78, 5) is 0. The number of hydrogen-bond acceptors (Lipinski definition) is 1. The molecule has 0 spiro atoms. The van der Waals surface area contributed by atoms with E-state index in [1.165, 1.54) is 6.42 Å². The highest BCUT2D eigenvalue weighted by molar-refractivity contribution is 5.20. The van der Waals surface area contributed by atoms with E-state index in [-0.39, 0.29) is 0 Å². The first-order valence-electron chi connectivity index (χ1n) is 4.92. The van der Waals surface area contributed by atoms with Crippen LogP contribution >= 0.6 is 0 Å². The molecule has 1 aromatic rings. The van der Waals surface area contributed by atoms with Crippen molar-refractivity contribution >= 4 is 0 Å². The van der Waals surface area contributed by atoms with Crippen LogP contribution in [-0.4, -0.2) is 6.61 Å². The van der Waals surface area contributed by atoms with Gasteiger partial charge in [0.15, 0.2) is 0 Å². The molecule has 1 heteroatoms. The van der Waals surface area contributed by atoms with Gasteiger partial charge in [0.05, 0.1) is 6.61 Å². The summed E-state index contributed by atoms with van der Waals surface area (Å²) >= 11 is 0. The Kier molecular flexibility index (Phi) is 4.37. The summed E-state index contributed by atoms with van der Waals surface area (Å²) < 4.78 is 5.56. The van der Waals surface area contributed by atoms with Crippen LogP contribution in [0.5, 0.6) is 5.75 Å². The molecule has 1 rings (SSSR count). The van der Waals surface area contributed by atoms with Crippen LogP contribution in [0, 0.1) is 12.0 Å². The maximum Gasteiger partial charge on any atom is 0.119 e. The van der Waals surface area contributed by atoms with E-state index in [2.05, 4.69) is 19.9 Å². The molecular weight excluding hydrogens is 160 g/mol. The van der Waals surface area contributed by atoms with Crippen molar-refractivity contribution in [3.8, 4) is 5.75 Å². The standard InChI is InChI=1S/C12H17O/c1-3-11(2)9-10-13-12-7-5-4-6-8-12/h5-8,11H,3,9-10H2,1-2H3. The fraction of sp³-hybridized carbons (Fsp3) is 0.500. The minimum absolute atomic E-state index is 0.760. The van der Waals surface area contributed by atoms with Gasteiger partial charge in [-0.2, -0.15) is 0 Å². The van der Waals surface area contributed by atoms with Crippen LogP contribution in [0.4, 0.5) is 0 Å². The van der Waals surface area contributed by atoms with Crippen LogP contribution in [0.3, 0.4) is 0 Å². The molecule has 0 saturated carbocycles. The smallest absolute Gasteiger partial charge is 0.119 e. The number of ether oxygens (including phenoxy) is 1. The Labute approximate surface area is 80.7 Å². The van der Waals surface area contributed by atoms with Gasteiger partial charge in [0, 0.05) is 0 Å². The van der Waals surface area contributed by atoms with E-state index in [1.807, 2.05) is 24.3 Å². The number of rotatable bonds is 5. The molecule has 0 amide bonds. The van der Waals surface area contributed by atoms with Crippen LogP contribution in [0.1, 0.15) is 26.7 Å². The summed E-state index contributed by atoms with van der Waals surface area (Å²) in [5.74, 6) is 1.71. The molecule has 0 heterocycles. The molecule has 13 heavy (non-hydrogen) atoms. The molecule has 1 atom stereocenters. The molecule has 0 aromatic heterocycles. The van der Waals surface area contributed by atoms with Gasteiger partial charge in [-0.15, -0.1) is 0 Å². The van der Waals surface area contributed by atoms with E-state index in [9.17, 15) is 0 Å². The molecule has 1 unspecified atom stereocenters. The fourth-order valence-corrected chi connectivity index (χ4v) is 1.05. The quantitative estimate of drug-likeness (QED) is 0.670. The van der Waals surface area contributed by atoms with Gasteiger partial charge in [-0.1, -0.05) is 32.4 Å². The normalized spacial score (nSPS) is 12.5. The van der Waals surface area contributed by atoms with E-state index in [0.717, 1.165) is 24.7 Å². The lowest BCUT2D eigenvalue weighted by Gasteiger charge is -2.09. The molecule has 0 saturated heterocycles. The second-order valence-corrected chi connectivity index (χ2v) is 3.39. The average molecular weight is 177 g/mol. The Morgan fingerprint density at radius 3 is 2.69 bits per heavy atom. The zero-order chi connectivity index (χ0) is 9.52. The Bertz CT molecular complexity index is 218. The Balaban J connectivity index is 2.20. The van der Waals surface area contributed by atoms with Crippen molar-refractivity contribution < 1.29 is 4.74 Å². The lowest BCUT2D eigenvalue weighted by molar-refractivity contribution is 0.281. The second-order valence-electron chi connectivity index (χ2n) is 3.39. The van der Waals surface area contributed by atoms with Gasteiger partial charge < -0.3 is 4.74 Å². The van der Waals surface area contributed by atoms with Crippen molar-refractivity contribution in [2.24, 2.45) is 5.92 Å². The summed E-state index contributed by atoms with van der Waals surface area (Å²) in [7, 11) is 0. The van der Waals surface area contributed by atoms with E-state index < -0.39 is 0 Å². The summed E-state index contributed by atoms with van der Waals surface area (Å²) in [6.07, 6.45) is 2.36. The summed E-state index contributed by atoms with van der Waals surface area (Å²) in [5.41, 5.74) is 0.